The Morgan fingerprint density at radius 2 is 1.83 bits per heavy atom. The SMILES string of the molecule is CC(=O)Nc1ccc2ccc3cc(C)[nH]c3c2c1. The predicted molar refractivity (Wildman–Crippen MR) is 74.8 cm³/mol. The summed E-state index contributed by atoms with van der Waals surface area (Å²) in [4.78, 5) is 14.5. The average molecular weight is 238 g/mol. The van der Waals surface area contributed by atoms with Crippen molar-refractivity contribution in [3.8, 4) is 0 Å². The molecule has 0 fully saturated rings. The van der Waals surface area contributed by atoms with E-state index in [1.54, 1.807) is 0 Å². The molecule has 2 aromatic carbocycles. The normalized spacial score (nSPS) is 11.0. The highest BCUT2D eigenvalue weighted by molar-refractivity contribution is 6.07. The van der Waals surface area contributed by atoms with Gasteiger partial charge in [0, 0.05) is 29.1 Å². The number of hydrogen-bond acceptors (Lipinski definition) is 1. The van der Waals surface area contributed by atoms with Crippen LogP contribution in [0.25, 0.3) is 21.7 Å². The Kier molecular flexibility index (Phi) is 2.33. The van der Waals surface area contributed by atoms with Gasteiger partial charge in [0.25, 0.3) is 0 Å². The molecule has 0 aliphatic rings. The lowest BCUT2D eigenvalue weighted by Crippen LogP contribution is -2.05. The molecule has 0 saturated carbocycles. The van der Waals surface area contributed by atoms with Crippen LogP contribution in [0.3, 0.4) is 0 Å². The Balaban J connectivity index is 2.29. The van der Waals surface area contributed by atoms with Crippen LogP contribution in [0.4, 0.5) is 5.69 Å². The second kappa shape index (κ2) is 3.88. The Bertz CT molecular complexity index is 756. The number of aromatic amines is 1. The van der Waals surface area contributed by atoms with Crippen molar-refractivity contribution in [3.63, 3.8) is 0 Å². The minimum Gasteiger partial charge on any atom is -0.358 e. The van der Waals surface area contributed by atoms with Crippen molar-refractivity contribution in [1.29, 1.82) is 0 Å². The number of amides is 1. The fourth-order valence-electron chi connectivity index (χ4n) is 2.34. The van der Waals surface area contributed by atoms with Gasteiger partial charge in [0.1, 0.15) is 0 Å². The van der Waals surface area contributed by atoms with Crippen molar-refractivity contribution in [2.24, 2.45) is 0 Å². The molecule has 1 heterocycles. The number of carbonyl (C=O) groups is 1. The van der Waals surface area contributed by atoms with E-state index in [4.69, 9.17) is 0 Å². The quantitative estimate of drug-likeness (QED) is 0.668. The molecule has 90 valence electrons. The van der Waals surface area contributed by atoms with E-state index in [1.165, 1.54) is 17.7 Å². The van der Waals surface area contributed by atoms with Crippen LogP contribution in [0.2, 0.25) is 0 Å². The molecule has 0 aliphatic heterocycles. The molecule has 0 spiro atoms. The third-order valence-electron chi connectivity index (χ3n) is 3.07. The molecular weight excluding hydrogens is 224 g/mol. The van der Waals surface area contributed by atoms with Crippen LogP contribution in [0.15, 0.2) is 36.4 Å². The highest BCUT2D eigenvalue weighted by atomic mass is 16.1. The first-order valence-electron chi connectivity index (χ1n) is 5.93. The van der Waals surface area contributed by atoms with Gasteiger partial charge in [-0.1, -0.05) is 18.2 Å². The van der Waals surface area contributed by atoms with E-state index in [9.17, 15) is 4.79 Å². The lowest BCUT2D eigenvalue weighted by molar-refractivity contribution is -0.114. The number of nitrogens with one attached hydrogen (secondary N) is 2. The average Bonchev–Trinajstić information content (AvgIpc) is 2.69. The third kappa shape index (κ3) is 1.74. The summed E-state index contributed by atoms with van der Waals surface area (Å²) in [5.41, 5.74) is 3.09. The maximum Gasteiger partial charge on any atom is 0.221 e. The van der Waals surface area contributed by atoms with E-state index in [-0.39, 0.29) is 5.91 Å². The maximum atomic E-state index is 11.1. The van der Waals surface area contributed by atoms with Crippen molar-refractivity contribution in [2.75, 3.05) is 5.32 Å². The molecule has 3 nitrogen and oxygen atoms in total. The first kappa shape index (κ1) is 10.8. The predicted octanol–water partition coefficient (Wildman–Crippen LogP) is 3.59. The van der Waals surface area contributed by atoms with E-state index in [0.717, 1.165) is 22.3 Å². The van der Waals surface area contributed by atoms with Gasteiger partial charge in [0.05, 0.1) is 5.52 Å². The number of aryl methyl sites for hydroxylation is 1. The standard InChI is InChI=1S/C15H14N2O/c1-9-7-12-4-3-11-5-6-13(17-10(2)18)8-14(11)15(12)16-9/h3-8,16H,1-2H3,(H,17,18). The van der Waals surface area contributed by atoms with Crippen LogP contribution < -0.4 is 5.32 Å². The number of aromatic nitrogens is 1. The van der Waals surface area contributed by atoms with Crippen molar-refractivity contribution in [1.82, 2.24) is 4.98 Å². The van der Waals surface area contributed by atoms with Gasteiger partial charge in [-0.05, 0) is 30.5 Å². The van der Waals surface area contributed by atoms with Crippen LogP contribution >= 0.6 is 0 Å². The summed E-state index contributed by atoms with van der Waals surface area (Å²) in [7, 11) is 0. The molecule has 0 unspecified atom stereocenters. The minimum absolute atomic E-state index is 0.0517. The zero-order valence-electron chi connectivity index (χ0n) is 10.4. The van der Waals surface area contributed by atoms with Gasteiger partial charge in [-0.25, -0.2) is 0 Å². The lowest BCUT2D eigenvalue weighted by atomic mass is 10.1. The molecule has 0 radical (unpaired) electrons. The molecule has 0 aliphatic carbocycles. The fraction of sp³-hybridized carbons (Fsp3) is 0.133. The van der Waals surface area contributed by atoms with Gasteiger partial charge in [-0.15, -0.1) is 0 Å². The largest absolute Gasteiger partial charge is 0.358 e. The van der Waals surface area contributed by atoms with E-state index in [2.05, 4.69) is 28.5 Å². The van der Waals surface area contributed by atoms with Crippen molar-refractivity contribution >= 4 is 33.3 Å². The molecule has 3 rings (SSSR count). The molecule has 3 aromatic rings. The number of hydrogen-bond donors (Lipinski definition) is 2. The van der Waals surface area contributed by atoms with Gasteiger partial charge in [0.2, 0.25) is 5.91 Å². The first-order valence-corrected chi connectivity index (χ1v) is 5.93. The van der Waals surface area contributed by atoms with Crippen LogP contribution in [-0.4, -0.2) is 10.9 Å². The number of carbonyl (C=O) groups excluding carboxylic acids is 1. The van der Waals surface area contributed by atoms with E-state index >= 15 is 0 Å². The molecular formula is C15H14N2O. The lowest BCUT2D eigenvalue weighted by Gasteiger charge is -2.05. The molecule has 3 heteroatoms. The molecule has 0 atom stereocenters. The Labute approximate surface area is 105 Å². The number of benzene rings is 2. The highest BCUT2D eigenvalue weighted by Crippen LogP contribution is 2.27. The van der Waals surface area contributed by atoms with Crippen LogP contribution in [0, 0.1) is 6.92 Å². The van der Waals surface area contributed by atoms with Gasteiger partial charge >= 0.3 is 0 Å². The summed E-state index contributed by atoms with van der Waals surface area (Å²) in [6, 6.07) is 12.3. The summed E-state index contributed by atoms with van der Waals surface area (Å²) >= 11 is 0. The number of anilines is 1. The summed E-state index contributed by atoms with van der Waals surface area (Å²) in [6.45, 7) is 3.56. The van der Waals surface area contributed by atoms with Gasteiger partial charge in [-0.2, -0.15) is 0 Å². The Hall–Kier alpha value is -2.29. The summed E-state index contributed by atoms with van der Waals surface area (Å²) in [6.07, 6.45) is 0. The Morgan fingerprint density at radius 3 is 2.61 bits per heavy atom. The van der Waals surface area contributed by atoms with Gasteiger partial charge in [-0.3, -0.25) is 4.79 Å². The summed E-state index contributed by atoms with van der Waals surface area (Å²) < 4.78 is 0. The minimum atomic E-state index is -0.0517. The molecule has 18 heavy (non-hydrogen) atoms. The van der Waals surface area contributed by atoms with Crippen LogP contribution in [0.5, 0.6) is 0 Å². The van der Waals surface area contributed by atoms with Gasteiger partial charge < -0.3 is 10.3 Å². The van der Waals surface area contributed by atoms with Crippen LogP contribution in [0.1, 0.15) is 12.6 Å². The summed E-state index contributed by atoms with van der Waals surface area (Å²) in [5, 5.41) is 6.31. The van der Waals surface area contributed by atoms with Crippen molar-refractivity contribution in [3.05, 3.63) is 42.1 Å². The van der Waals surface area contributed by atoms with Crippen molar-refractivity contribution < 1.29 is 4.79 Å². The molecule has 1 aromatic heterocycles. The summed E-state index contributed by atoms with van der Waals surface area (Å²) in [5.74, 6) is -0.0517. The second-order valence-corrected chi connectivity index (χ2v) is 4.60. The fourth-order valence-corrected chi connectivity index (χ4v) is 2.34. The Morgan fingerprint density at radius 1 is 1.11 bits per heavy atom. The number of rotatable bonds is 1. The highest BCUT2D eigenvalue weighted by Gasteiger charge is 2.04. The smallest absolute Gasteiger partial charge is 0.221 e. The van der Waals surface area contributed by atoms with Crippen molar-refractivity contribution in [2.45, 2.75) is 13.8 Å². The number of fused-ring (bicyclic) bond motifs is 3. The van der Waals surface area contributed by atoms with Gasteiger partial charge in [0.15, 0.2) is 0 Å². The van der Waals surface area contributed by atoms with E-state index < -0.39 is 0 Å². The second-order valence-electron chi connectivity index (χ2n) is 4.60. The number of H-pyrrole nitrogens is 1. The third-order valence-corrected chi connectivity index (χ3v) is 3.07. The van der Waals surface area contributed by atoms with E-state index in [1.807, 2.05) is 25.1 Å². The van der Waals surface area contributed by atoms with Crippen LogP contribution in [-0.2, 0) is 4.79 Å². The molecule has 1 amide bonds. The zero-order valence-corrected chi connectivity index (χ0v) is 10.4. The maximum absolute atomic E-state index is 11.1. The first-order chi connectivity index (χ1) is 8.63. The topological polar surface area (TPSA) is 44.9 Å². The molecule has 0 saturated heterocycles. The zero-order chi connectivity index (χ0) is 12.7. The molecule has 0 bridgehead atoms. The monoisotopic (exact) mass is 238 g/mol. The van der Waals surface area contributed by atoms with E-state index in [0.29, 0.717) is 0 Å². The molecule has 2 N–H and O–H groups in total.